The van der Waals surface area contributed by atoms with E-state index >= 15 is 0 Å². The Kier molecular flexibility index (Phi) is 4.49. The van der Waals surface area contributed by atoms with E-state index in [2.05, 4.69) is 23.9 Å². The van der Waals surface area contributed by atoms with E-state index in [-0.39, 0.29) is 24.0 Å². The Hall–Kier alpha value is 0.480. The molecule has 1 aromatic heterocycles. The molecular formula is C9H9ClINS2. The summed E-state index contributed by atoms with van der Waals surface area (Å²) in [6, 6.07) is 6.01. The number of aromatic nitrogens is 1. The highest BCUT2D eigenvalue weighted by molar-refractivity contribution is 8.00. The van der Waals surface area contributed by atoms with Crippen LogP contribution in [0.2, 0.25) is 5.02 Å². The van der Waals surface area contributed by atoms with Gasteiger partial charge in [0.1, 0.15) is 0 Å². The van der Waals surface area contributed by atoms with Crippen LogP contribution in [0.15, 0.2) is 22.5 Å². The van der Waals surface area contributed by atoms with Gasteiger partial charge in [0, 0.05) is 30.7 Å². The van der Waals surface area contributed by atoms with E-state index in [0.717, 1.165) is 5.02 Å². The van der Waals surface area contributed by atoms with Gasteiger partial charge in [-0.3, -0.25) is 0 Å². The van der Waals surface area contributed by atoms with Gasteiger partial charge < -0.3 is 24.0 Å². The highest BCUT2D eigenvalue weighted by Gasteiger charge is 2.16. The highest BCUT2D eigenvalue weighted by atomic mass is 127. The first-order valence-corrected chi connectivity index (χ1v) is 6.26. The highest BCUT2D eigenvalue weighted by Crippen LogP contribution is 2.32. The molecule has 0 fully saturated rings. The van der Waals surface area contributed by atoms with Crippen molar-refractivity contribution >= 4 is 44.9 Å². The van der Waals surface area contributed by atoms with Crippen molar-refractivity contribution in [3.63, 3.8) is 0 Å². The molecule has 5 heteroatoms. The summed E-state index contributed by atoms with van der Waals surface area (Å²) in [5, 5.41) is 0.800. The third-order valence-corrected chi connectivity index (χ3v) is 4.55. The molecular weight excluding hydrogens is 349 g/mol. The Bertz CT molecular complexity index is 455. The van der Waals surface area contributed by atoms with Crippen LogP contribution in [0, 0.1) is 0 Å². The molecule has 0 N–H and O–H groups in total. The van der Waals surface area contributed by atoms with Gasteiger partial charge in [0.2, 0.25) is 9.86 Å². The molecule has 0 bridgehead atoms. The van der Waals surface area contributed by atoms with Gasteiger partial charge in [-0.2, -0.15) is 0 Å². The minimum Gasteiger partial charge on any atom is -1.00 e. The number of nitrogens with zero attached hydrogens (tertiary/aromatic N) is 1. The second kappa shape index (κ2) is 5.01. The fraction of sp³-hybridized carbons (Fsp3) is 0.222. The number of benzene rings is 1. The van der Waals surface area contributed by atoms with Gasteiger partial charge in [0.05, 0.1) is 11.1 Å². The molecule has 2 aromatic rings. The fourth-order valence-corrected chi connectivity index (χ4v) is 3.28. The molecule has 0 unspecified atom stereocenters. The van der Waals surface area contributed by atoms with E-state index in [4.69, 9.17) is 11.6 Å². The fourth-order valence-electron chi connectivity index (χ4n) is 1.28. The van der Waals surface area contributed by atoms with Crippen molar-refractivity contribution in [3.8, 4) is 0 Å². The van der Waals surface area contributed by atoms with Gasteiger partial charge >= 0.3 is 0 Å². The van der Waals surface area contributed by atoms with Crippen molar-refractivity contribution in [3.05, 3.63) is 23.2 Å². The van der Waals surface area contributed by atoms with Crippen molar-refractivity contribution in [1.82, 2.24) is 4.57 Å². The average molecular weight is 358 g/mol. The number of hydrogen-bond donors (Lipinski definition) is 0. The zero-order chi connectivity index (χ0) is 9.42. The van der Waals surface area contributed by atoms with Gasteiger partial charge in [-0.05, 0) is 17.8 Å². The van der Waals surface area contributed by atoms with Gasteiger partial charge in [-0.1, -0.05) is 11.6 Å². The molecule has 0 spiro atoms. The van der Waals surface area contributed by atoms with E-state index in [9.17, 15) is 0 Å². The van der Waals surface area contributed by atoms with Crippen LogP contribution < -0.4 is 24.0 Å². The Morgan fingerprint density at radius 3 is 2.86 bits per heavy atom. The summed E-state index contributed by atoms with van der Waals surface area (Å²) in [5.74, 6) is 0. The smallest absolute Gasteiger partial charge is 0.237 e. The number of hydrogen-bond acceptors (Lipinski definition) is 2. The van der Waals surface area contributed by atoms with Gasteiger partial charge in [0.15, 0.2) is 4.70 Å². The lowest BCUT2D eigenvalue weighted by Gasteiger charge is -1.89. The molecule has 2 rings (SSSR count). The maximum Gasteiger partial charge on any atom is 0.237 e. The number of thiazole rings is 1. The predicted octanol–water partition coefficient (Wildman–Crippen LogP) is 0.900. The summed E-state index contributed by atoms with van der Waals surface area (Å²) in [5.41, 5.74) is 1.21. The zero-order valence-electron chi connectivity index (χ0n) is 7.75. The van der Waals surface area contributed by atoms with Crippen LogP contribution in [-0.2, 0) is 7.05 Å². The molecule has 0 amide bonds. The second-order valence-corrected chi connectivity index (χ2v) is 5.26. The molecule has 1 heterocycles. The molecule has 0 aliphatic carbocycles. The van der Waals surface area contributed by atoms with Crippen molar-refractivity contribution < 1.29 is 24.0 Å². The lowest BCUT2D eigenvalue weighted by molar-refractivity contribution is -0.00000249. The van der Waals surface area contributed by atoms with Gasteiger partial charge in [-0.15, -0.1) is 0 Å². The van der Waals surface area contributed by atoms with Gasteiger partial charge in [-0.25, -0.2) is 4.57 Å². The van der Waals surface area contributed by atoms with E-state index in [0.29, 0.717) is 0 Å². The van der Waals surface area contributed by atoms with E-state index in [1.165, 1.54) is 14.6 Å². The van der Waals surface area contributed by atoms with E-state index in [1.807, 2.05) is 12.1 Å². The SMILES string of the molecule is CS[c+]1sc2ccc(Cl)cc2n1C.[I-]. The average Bonchev–Trinajstić information content (AvgIpc) is 2.44. The largest absolute Gasteiger partial charge is 1.00 e. The summed E-state index contributed by atoms with van der Waals surface area (Å²) >= 11 is 9.49. The summed E-state index contributed by atoms with van der Waals surface area (Å²) in [4.78, 5) is 0. The number of thioether (sulfide) groups is 1. The molecule has 1 aromatic carbocycles. The molecule has 1 nitrogen and oxygen atoms in total. The van der Waals surface area contributed by atoms with Crippen molar-refractivity contribution in [2.75, 3.05) is 6.26 Å². The molecule has 76 valence electrons. The molecule has 0 aliphatic rings. The summed E-state index contributed by atoms with van der Waals surface area (Å²) < 4.78 is 4.77. The molecule has 0 radical (unpaired) electrons. The summed E-state index contributed by atoms with van der Waals surface area (Å²) in [6.45, 7) is 0. The monoisotopic (exact) mass is 357 g/mol. The van der Waals surface area contributed by atoms with Crippen molar-refractivity contribution in [1.29, 1.82) is 0 Å². The minimum atomic E-state index is 0. The Morgan fingerprint density at radius 2 is 2.21 bits per heavy atom. The minimum absolute atomic E-state index is 0. The Balaban J connectivity index is 0.000000980. The topological polar surface area (TPSA) is 4.93 Å². The normalized spacial score (nSPS) is 10.2. The molecule has 0 aliphatic heterocycles. The number of aryl methyl sites for hydroxylation is 1. The lowest BCUT2D eigenvalue weighted by Crippen LogP contribution is -3.00. The molecule has 0 saturated carbocycles. The predicted molar refractivity (Wildman–Crippen MR) is 62.0 cm³/mol. The van der Waals surface area contributed by atoms with E-state index in [1.54, 1.807) is 23.1 Å². The molecule has 14 heavy (non-hydrogen) atoms. The maximum atomic E-state index is 5.93. The first kappa shape index (κ1) is 12.5. The summed E-state index contributed by atoms with van der Waals surface area (Å²) in [7, 11) is 2.07. The molecule has 0 atom stereocenters. The third kappa shape index (κ3) is 2.18. The Morgan fingerprint density at radius 1 is 1.50 bits per heavy atom. The van der Waals surface area contributed by atoms with Crippen LogP contribution in [0.5, 0.6) is 0 Å². The zero-order valence-corrected chi connectivity index (χ0v) is 12.3. The lowest BCUT2D eigenvalue weighted by atomic mass is 10.3. The number of fused-ring (bicyclic) bond motifs is 1. The van der Waals surface area contributed by atoms with Crippen LogP contribution in [0.1, 0.15) is 0 Å². The third-order valence-electron chi connectivity index (χ3n) is 1.93. The number of rotatable bonds is 1. The van der Waals surface area contributed by atoms with Crippen LogP contribution >= 0.6 is 34.7 Å². The first-order chi connectivity index (χ1) is 6.22. The second-order valence-electron chi connectivity index (χ2n) is 2.74. The van der Waals surface area contributed by atoms with Crippen molar-refractivity contribution in [2.45, 2.75) is 4.34 Å². The Labute approximate surface area is 113 Å². The number of halogens is 2. The van der Waals surface area contributed by atoms with Crippen LogP contribution in [0.3, 0.4) is 0 Å². The standard InChI is InChI=1S/C9H9ClNS2.HI/c1-11-7-5-6(10)3-4-8(7)13-9(11)12-2;/h3-5H,1-2H3;1H/q+1;/p-1. The summed E-state index contributed by atoms with van der Waals surface area (Å²) in [6.07, 6.45) is 2.09. The van der Waals surface area contributed by atoms with E-state index < -0.39 is 0 Å². The van der Waals surface area contributed by atoms with Crippen LogP contribution in [-0.4, -0.2) is 10.8 Å². The first-order valence-electron chi connectivity index (χ1n) is 3.84. The van der Waals surface area contributed by atoms with Crippen LogP contribution in [0.25, 0.3) is 10.2 Å². The maximum absolute atomic E-state index is 5.93. The van der Waals surface area contributed by atoms with Crippen LogP contribution in [0.4, 0.5) is 0 Å². The van der Waals surface area contributed by atoms with Crippen molar-refractivity contribution in [2.24, 2.45) is 7.05 Å². The van der Waals surface area contributed by atoms with Gasteiger partial charge in [0.25, 0.3) is 0 Å². The quantitative estimate of drug-likeness (QED) is 0.417. The molecule has 0 saturated heterocycles.